The topological polar surface area (TPSA) is 127 Å². The van der Waals surface area contributed by atoms with Crippen molar-refractivity contribution in [3.63, 3.8) is 0 Å². The second kappa shape index (κ2) is 10.4. The Bertz CT molecular complexity index is 1830. The summed E-state index contributed by atoms with van der Waals surface area (Å²) < 4.78 is 45.7. The molecule has 4 aromatic rings. The highest BCUT2D eigenvalue weighted by Crippen LogP contribution is 2.50. The summed E-state index contributed by atoms with van der Waals surface area (Å²) in [6, 6.07) is 11.0. The van der Waals surface area contributed by atoms with E-state index in [9.17, 15) is 27.9 Å². The molecule has 0 saturated heterocycles. The number of nitrogens with zero attached hydrogens (tertiary/aromatic N) is 2. The summed E-state index contributed by atoms with van der Waals surface area (Å²) in [5.74, 6) is -1.23. The summed E-state index contributed by atoms with van der Waals surface area (Å²) in [6.45, 7) is 3.13. The van der Waals surface area contributed by atoms with E-state index in [-0.39, 0.29) is 41.8 Å². The maximum atomic E-state index is 13.3. The first-order valence-electron chi connectivity index (χ1n) is 13.9. The minimum Gasteiger partial charge on any atom is -0.489 e. The number of alkyl halides is 3. The van der Waals surface area contributed by atoms with Crippen molar-refractivity contribution < 1.29 is 32.6 Å². The molecule has 2 atom stereocenters. The first-order chi connectivity index (χ1) is 20.7. The zero-order valence-corrected chi connectivity index (χ0v) is 24.5. The van der Waals surface area contributed by atoms with Gasteiger partial charge in [-0.3, -0.25) is 14.6 Å². The number of amides is 2. The highest BCUT2D eigenvalue weighted by Gasteiger charge is 2.50. The monoisotopic (exact) mass is 624 g/mol. The smallest absolute Gasteiger partial charge is 0.416 e. The number of aryl methyl sites for hydroxylation is 1. The summed E-state index contributed by atoms with van der Waals surface area (Å²) in [5.41, 5.74) is 4.64. The Kier molecular flexibility index (Phi) is 7.09. The minimum absolute atomic E-state index is 0.105. The van der Waals surface area contributed by atoms with Crippen LogP contribution in [-0.4, -0.2) is 40.0 Å². The number of aromatic nitrogens is 2. The Morgan fingerprint density at radius 1 is 1.16 bits per heavy atom. The predicted molar refractivity (Wildman–Crippen MR) is 157 cm³/mol. The molecule has 1 unspecified atom stereocenters. The second-order valence-electron chi connectivity index (χ2n) is 11.7. The van der Waals surface area contributed by atoms with Crippen molar-refractivity contribution in [2.45, 2.75) is 43.9 Å². The summed E-state index contributed by atoms with van der Waals surface area (Å²) in [4.78, 5) is 34.9. The Hall–Kier alpha value is -4.22. The quantitative estimate of drug-likeness (QED) is 0.251. The number of fused-ring (bicyclic) bond motifs is 2. The number of nitrogens with two attached hydrogens (primary N) is 1. The fraction of sp³-hybridized carbons (Fsp3) is 0.312. The van der Waals surface area contributed by atoms with E-state index in [4.69, 9.17) is 27.1 Å². The van der Waals surface area contributed by atoms with Crippen LogP contribution in [0.1, 0.15) is 52.5 Å². The lowest BCUT2D eigenvalue weighted by Gasteiger charge is -2.30. The molecule has 6 rings (SSSR count). The van der Waals surface area contributed by atoms with Gasteiger partial charge in [-0.1, -0.05) is 23.7 Å². The van der Waals surface area contributed by atoms with Crippen molar-refractivity contribution in [2.75, 3.05) is 13.2 Å². The molecule has 228 valence electrons. The maximum Gasteiger partial charge on any atom is 0.416 e. The number of hydrogen-bond acceptors (Lipinski definition) is 6. The maximum absolute atomic E-state index is 13.3. The van der Waals surface area contributed by atoms with Crippen molar-refractivity contribution in [1.82, 2.24) is 15.3 Å². The van der Waals surface area contributed by atoms with Crippen molar-refractivity contribution >= 4 is 34.3 Å². The van der Waals surface area contributed by atoms with Gasteiger partial charge in [0.15, 0.2) is 0 Å². The Morgan fingerprint density at radius 2 is 1.86 bits per heavy atom. The van der Waals surface area contributed by atoms with Gasteiger partial charge in [-0.15, -0.1) is 0 Å². The van der Waals surface area contributed by atoms with E-state index in [1.54, 1.807) is 25.3 Å². The Labute approximate surface area is 255 Å². The molecule has 2 aliphatic rings. The minimum atomic E-state index is -4.54. The van der Waals surface area contributed by atoms with Gasteiger partial charge in [0.05, 0.1) is 28.3 Å². The molecule has 1 aliphatic heterocycles. The summed E-state index contributed by atoms with van der Waals surface area (Å²) >= 11 is 6.41. The van der Waals surface area contributed by atoms with Gasteiger partial charge in [0.1, 0.15) is 29.1 Å². The molecule has 0 radical (unpaired) electrons. The highest BCUT2D eigenvalue weighted by molar-refractivity contribution is 6.35. The van der Waals surface area contributed by atoms with E-state index in [0.717, 1.165) is 17.7 Å². The Balaban J connectivity index is 1.39. The van der Waals surface area contributed by atoms with Crippen LogP contribution in [0.25, 0.3) is 22.2 Å². The lowest BCUT2D eigenvalue weighted by Crippen LogP contribution is -2.44. The molecule has 1 aliphatic carbocycles. The van der Waals surface area contributed by atoms with Crippen LogP contribution in [0.2, 0.25) is 5.02 Å². The van der Waals surface area contributed by atoms with Crippen LogP contribution in [0.4, 0.5) is 13.2 Å². The molecule has 2 amide bonds. The largest absolute Gasteiger partial charge is 0.489 e. The summed E-state index contributed by atoms with van der Waals surface area (Å²) in [6.07, 6.45) is -1.56. The molecule has 0 spiro atoms. The van der Waals surface area contributed by atoms with Crippen LogP contribution in [0.5, 0.6) is 5.75 Å². The van der Waals surface area contributed by atoms with E-state index in [2.05, 4.69) is 10.3 Å². The first-order valence-corrected chi connectivity index (χ1v) is 14.3. The van der Waals surface area contributed by atoms with Gasteiger partial charge in [-0.05, 0) is 74.6 Å². The number of carbonyl (C=O) groups is 2. The number of halogens is 4. The second-order valence-corrected chi connectivity index (χ2v) is 12.1. The molecule has 8 nitrogen and oxygen atoms in total. The Morgan fingerprint density at radius 3 is 2.50 bits per heavy atom. The number of rotatable bonds is 7. The van der Waals surface area contributed by atoms with Crippen LogP contribution < -0.4 is 15.8 Å². The number of benzene rings is 2. The van der Waals surface area contributed by atoms with Crippen molar-refractivity contribution in [2.24, 2.45) is 11.7 Å². The van der Waals surface area contributed by atoms with Crippen molar-refractivity contribution in [1.29, 1.82) is 0 Å². The summed E-state index contributed by atoms with van der Waals surface area (Å²) in [7, 11) is 0. The number of hydrogen-bond donors (Lipinski definition) is 3. The van der Waals surface area contributed by atoms with Crippen molar-refractivity contribution in [3.8, 4) is 17.0 Å². The number of pyridine rings is 2. The lowest BCUT2D eigenvalue weighted by molar-refractivity contribution is -0.137. The number of nitrogens with one attached hydrogen (secondary N) is 1. The number of primary amides is 1. The van der Waals surface area contributed by atoms with Gasteiger partial charge in [0.25, 0.3) is 5.91 Å². The number of ether oxygens (including phenoxy) is 1. The van der Waals surface area contributed by atoms with Gasteiger partial charge in [0.2, 0.25) is 5.91 Å². The number of aliphatic hydroxyl groups is 1. The average molecular weight is 625 g/mol. The third-order valence-electron chi connectivity index (χ3n) is 8.45. The molecule has 44 heavy (non-hydrogen) atoms. The molecule has 4 N–H and O–H groups in total. The fourth-order valence-corrected chi connectivity index (χ4v) is 5.87. The molecular weight excluding hydrogens is 597 g/mol. The average Bonchev–Trinajstić information content (AvgIpc) is 3.78. The third-order valence-corrected chi connectivity index (χ3v) is 8.74. The third kappa shape index (κ3) is 5.13. The molecular formula is C32H28ClF3N4O4. The molecule has 1 saturated carbocycles. The van der Waals surface area contributed by atoms with Crippen LogP contribution in [0.3, 0.4) is 0 Å². The molecule has 0 bridgehead atoms. The standard InChI is InChI=1S/C32H28ClF3N4O4/c1-16-9-18-10-19(11-23(33)25(18)38-13-16)28(41)39-14-31(43,20-7-8-20)24-12-22-27(44-15-30(22,2)29(37)42)26(40-24)17-3-5-21(6-4-17)32(34,35)36/h3-6,9-13,20,43H,7-8,14-15H2,1-2H3,(H2,37,42)(H,39,41)/t30-,31?/m0/s1. The van der Waals surface area contributed by atoms with E-state index >= 15 is 0 Å². The van der Waals surface area contributed by atoms with Gasteiger partial charge in [-0.25, -0.2) is 4.98 Å². The van der Waals surface area contributed by atoms with E-state index in [1.807, 2.05) is 13.0 Å². The fourth-order valence-electron chi connectivity index (χ4n) is 5.59. The molecule has 2 aromatic carbocycles. The van der Waals surface area contributed by atoms with Crippen molar-refractivity contribution in [3.05, 3.63) is 87.7 Å². The van der Waals surface area contributed by atoms with Gasteiger partial charge >= 0.3 is 6.18 Å². The zero-order valence-electron chi connectivity index (χ0n) is 23.8. The lowest BCUT2D eigenvalue weighted by atomic mass is 9.81. The highest BCUT2D eigenvalue weighted by atomic mass is 35.5. The molecule has 12 heteroatoms. The van der Waals surface area contributed by atoms with E-state index in [0.29, 0.717) is 39.9 Å². The predicted octanol–water partition coefficient (Wildman–Crippen LogP) is 5.44. The van der Waals surface area contributed by atoms with Gasteiger partial charge in [-0.2, -0.15) is 13.2 Å². The normalized spacial score (nSPS) is 19.2. The van der Waals surface area contributed by atoms with E-state index in [1.165, 1.54) is 18.2 Å². The number of carbonyl (C=O) groups excluding carboxylic acids is 2. The van der Waals surface area contributed by atoms with Gasteiger partial charge in [0, 0.05) is 28.3 Å². The molecule has 1 fully saturated rings. The van der Waals surface area contributed by atoms with Gasteiger partial charge < -0.3 is 20.9 Å². The van der Waals surface area contributed by atoms with Crippen LogP contribution in [0.15, 0.2) is 54.7 Å². The molecule has 3 heterocycles. The van der Waals surface area contributed by atoms with Crippen LogP contribution in [0, 0.1) is 12.8 Å². The first kappa shape index (κ1) is 29.8. The molecule has 2 aromatic heterocycles. The van der Waals surface area contributed by atoms with E-state index < -0.39 is 34.6 Å². The summed E-state index contributed by atoms with van der Waals surface area (Å²) in [5, 5.41) is 15.9. The SMILES string of the molecule is Cc1cnc2c(Cl)cc(C(=O)NCC(O)(c3cc4c(c(-c5ccc(C(F)(F)F)cc5)n3)OC[C@]4(C)C(N)=O)C3CC3)cc2c1. The zero-order chi connectivity index (χ0) is 31.6. The van der Waals surface area contributed by atoms with Crippen LogP contribution >= 0.6 is 11.6 Å². The van der Waals surface area contributed by atoms with Crippen LogP contribution in [-0.2, 0) is 22.0 Å².